The lowest BCUT2D eigenvalue weighted by Crippen LogP contribution is -2.40. The van der Waals surface area contributed by atoms with Crippen LogP contribution in [0.2, 0.25) is 0 Å². The highest BCUT2D eigenvalue weighted by Gasteiger charge is 2.23. The fraction of sp³-hybridized carbons (Fsp3) is 0.643. The van der Waals surface area contributed by atoms with Gasteiger partial charge in [-0.25, -0.2) is 4.79 Å². The molecular weight excluding hydrogens is 272 g/mol. The maximum absolute atomic E-state index is 12.2. The quantitative estimate of drug-likeness (QED) is 0.814. The van der Waals surface area contributed by atoms with Gasteiger partial charge in [0.05, 0.1) is 12.8 Å². The predicted octanol–water partition coefficient (Wildman–Crippen LogP) is 1.26. The number of hydrogen-bond donors (Lipinski definition) is 2. The van der Waals surface area contributed by atoms with Gasteiger partial charge in [-0.2, -0.15) is 5.10 Å². The van der Waals surface area contributed by atoms with Crippen LogP contribution in [0.4, 0.5) is 5.69 Å². The van der Waals surface area contributed by atoms with E-state index in [-0.39, 0.29) is 23.3 Å². The van der Waals surface area contributed by atoms with Crippen LogP contribution in [-0.4, -0.2) is 34.8 Å². The summed E-state index contributed by atoms with van der Waals surface area (Å²) in [5.41, 5.74) is 5.97. The highest BCUT2D eigenvalue weighted by Crippen LogP contribution is 2.19. The molecule has 1 fully saturated rings. The molecule has 1 aliphatic rings. The molecule has 1 heterocycles. The van der Waals surface area contributed by atoms with E-state index in [4.69, 9.17) is 5.73 Å². The first-order valence-corrected chi connectivity index (χ1v) is 7.26. The average molecular weight is 294 g/mol. The van der Waals surface area contributed by atoms with E-state index in [1.165, 1.54) is 24.4 Å². The molecule has 0 bridgehead atoms. The molecule has 0 spiro atoms. The van der Waals surface area contributed by atoms with E-state index < -0.39 is 12.0 Å². The molecule has 1 amide bonds. The first kappa shape index (κ1) is 15.3. The van der Waals surface area contributed by atoms with Crippen LogP contribution >= 0.6 is 0 Å². The molecule has 21 heavy (non-hydrogen) atoms. The minimum atomic E-state index is -0.605. The molecule has 1 aliphatic carbocycles. The summed E-state index contributed by atoms with van der Waals surface area (Å²) in [7, 11) is 1.26. The van der Waals surface area contributed by atoms with Crippen molar-refractivity contribution in [3.8, 4) is 0 Å². The Kier molecular flexibility index (Phi) is 4.82. The molecule has 116 valence electrons. The van der Waals surface area contributed by atoms with Gasteiger partial charge in [0.25, 0.3) is 0 Å². The molecule has 0 saturated heterocycles. The van der Waals surface area contributed by atoms with Crippen molar-refractivity contribution in [2.45, 2.75) is 51.1 Å². The standard InChI is InChI=1S/C14H22N4O3/c1-9(13(19)16-10-6-4-3-5-7-10)18-8-11(15)12(17-18)14(20)21-2/h8-10H,3-7,15H2,1-2H3,(H,16,19). The zero-order valence-electron chi connectivity index (χ0n) is 12.5. The molecule has 0 aromatic carbocycles. The van der Waals surface area contributed by atoms with Crippen molar-refractivity contribution in [3.05, 3.63) is 11.9 Å². The van der Waals surface area contributed by atoms with Gasteiger partial charge in [-0.3, -0.25) is 9.48 Å². The Hall–Kier alpha value is -2.05. The number of rotatable bonds is 4. The SMILES string of the molecule is COC(=O)c1nn(C(C)C(=O)NC2CCCCC2)cc1N. The third-order valence-electron chi connectivity index (χ3n) is 3.87. The van der Waals surface area contributed by atoms with Crippen LogP contribution in [0.15, 0.2) is 6.20 Å². The molecular formula is C14H22N4O3. The maximum atomic E-state index is 12.2. The minimum absolute atomic E-state index is 0.0369. The third kappa shape index (κ3) is 3.53. The number of esters is 1. The van der Waals surface area contributed by atoms with Gasteiger partial charge >= 0.3 is 5.97 Å². The Labute approximate surface area is 123 Å². The van der Waals surface area contributed by atoms with Gasteiger partial charge in [0, 0.05) is 12.2 Å². The van der Waals surface area contributed by atoms with Crippen LogP contribution in [0.5, 0.6) is 0 Å². The zero-order valence-corrected chi connectivity index (χ0v) is 12.5. The van der Waals surface area contributed by atoms with Crippen molar-refractivity contribution in [1.29, 1.82) is 0 Å². The van der Waals surface area contributed by atoms with Crippen molar-refractivity contribution in [2.75, 3.05) is 12.8 Å². The van der Waals surface area contributed by atoms with E-state index in [0.717, 1.165) is 25.7 Å². The Bertz CT molecular complexity index is 520. The fourth-order valence-corrected chi connectivity index (χ4v) is 2.55. The molecule has 1 saturated carbocycles. The number of amides is 1. The first-order chi connectivity index (χ1) is 10.0. The summed E-state index contributed by atoms with van der Waals surface area (Å²) in [5, 5.41) is 7.08. The summed E-state index contributed by atoms with van der Waals surface area (Å²) in [6, 6.07) is -0.283. The molecule has 1 aromatic rings. The second-order valence-electron chi connectivity index (χ2n) is 5.42. The number of carbonyl (C=O) groups is 2. The van der Waals surface area contributed by atoms with Crippen molar-refractivity contribution in [2.24, 2.45) is 0 Å². The van der Waals surface area contributed by atoms with E-state index >= 15 is 0 Å². The van der Waals surface area contributed by atoms with Crippen molar-refractivity contribution in [3.63, 3.8) is 0 Å². The van der Waals surface area contributed by atoms with Gasteiger partial charge in [0.1, 0.15) is 6.04 Å². The number of nitrogen functional groups attached to an aromatic ring is 1. The Balaban J connectivity index is 2.03. The molecule has 3 N–H and O–H groups in total. The summed E-state index contributed by atoms with van der Waals surface area (Å²) < 4.78 is 6.00. The molecule has 1 unspecified atom stereocenters. The molecule has 2 rings (SSSR count). The van der Waals surface area contributed by atoms with Gasteiger partial charge in [0.2, 0.25) is 5.91 Å². The normalized spacial score (nSPS) is 17.2. The van der Waals surface area contributed by atoms with Crippen molar-refractivity contribution < 1.29 is 14.3 Å². The Morgan fingerprint density at radius 2 is 2.10 bits per heavy atom. The molecule has 1 aromatic heterocycles. The second-order valence-corrected chi connectivity index (χ2v) is 5.42. The monoisotopic (exact) mass is 294 g/mol. The van der Waals surface area contributed by atoms with Crippen molar-refractivity contribution in [1.82, 2.24) is 15.1 Å². The summed E-state index contributed by atoms with van der Waals surface area (Å²) in [6.07, 6.45) is 7.07. The second kappa shape index (κ2) is 6.60. The number of carbonyl (C=O) groups excluding carboxylic acids is 2. The number of nitrogens with zero attached hydrogens (tertiary/aromatic N) is 2. The largest absolute Gasteiger partial charge is 0.464 e. The lowest BCUT2D eigenvalue weighted by molar-refractivity contribution is -0.125. The van der Waals surface area contributed by atoms with Gasteiger partial charge in [-0.05, 0) is 19.8 Å². The Morgan fingerprint density at radius 1 is 1.43 bits per heavy atom. The highest BCUT2D eigenvalue weighted by molar-refractivity contribution is 5.92. The third-order valence-corrected chi connectivity index (χ3v) is 3.87. The Morgan fingerprint density at radius 3 is 2.71 bits per heavy atom. The van der Waals surface area contributed by atoms with Crippen LogP contribution in [0, 0.1) is 0 Å². The van der Waals surface area contributed by atoms with E-state index in [1.54, 1.807) is 6.92 Å². The topological polar surface area (TPSA) is 99.2 Å². The van der Waals surface area contributed by atoms with Crippen molar-refractivity contribution >= 4 is 17.6 Å². The molecule has 0 aliphatic heterocycles. The smallest absolute Gasteiger partial charge is 0.360 e. The predicted molar refractivity (Wildman–Crippen MR) is 77.7 cm³/mol. The number of hydrogen-bond acceptors (Lipinski definition) is 5. The maximum Gasteiger partial charge on any atom is 0.360 e. The fourth-order valence-electron chi connectivity index (χ4n) is 2.55. The summed E-state index contributed by atoms with van der Waals surface area (Å²) >= 11 is 0. The van der Waals surface area contributed by atoms with Gasteiger partial charge in [-0.1, -0.05) is 19.3 Å². The first-order valence-electron chi connectivity index (χ1n) is 7.26. The molecule has 1 atom stereocenters. The minimum Gasteiger partial charge on any atom is -0.464 e. The van der Waals surface area contributed by atoms with Crippen LogP contribution in [0.25, 0.3) is 0 Å². The van der Waals surface area contributed by atoms with E-state index in [1.807, 2.05) is 0 Å². The van der Waals surface area contributed by atoms with Crippen LogP contribution in [0.1, 0.15) is 55.6 Å². The molecule has 0 radical (unpaired) electrons. The highest BCUT2D eigenvalue weighted by atomic mass is 16.5. The number of methoxy groups -OCH3 is 1. The number of nitrogens with two attached hydrogens (primary N) is 1. The summed E-state index contributed by atoms with van der Waals surface area (Å²) in [4.78, 5) is 23.7. The number of nitrogens with one attached hydrogen (secondary N) is 1. The van der Waals surface area contributed by atoms with Gasteiger partial charge in [-0.15, -0.1) is 0 Å². The van der Waals surface area contributed by atoms with E-state index in [0.29, 0.717) is 0 Å². The number of aromatic nitrogens is 2. The summed E-state index contributed by atoms with van der Waals surface area (Å²) in [6.45, 7) is 1.73. The van der Waals surface area contributed by atoms with Crippen LogP contribution in [0.3, 0.4) is 0 Å². The average Bonchev–Trinajstić information content (AvgIpc) is 2.88. The lowest BCUT2D eigenvalue weighted by Gasteiger charge is -2.24. The van der Waals surface area contributed by atoms with E-state index in [9.17, 15) is 9.59 Å². The van der Waals surface area contributed by atoms with Crippen LogP contribution < -0.4 is 11.1 Å². The van der Waals surface area contributed by atoms with E-state index in [2.05, 4.69) is 15.2 Å². The number of ether oxygens (including phenoxy) is 1. The molecule has 7 nitrogen and oxygen atoms in total. The van der Waals surface area contributed by atoms with Crippen LogP contribution in [-0.2, 0) is 9.53 Å². The zero-order chi connectivity index (χ0) is 15.4. The lowest BCUT2D eigenvalue weighted by atomic mass is 9.95. The molecule has 7 heteroatoms. The summed E-state index contributed by atoms with van der Waals surface area (Å²) in [5.74, 6) is -0.716. The van der Waals surface area contributed by atoms with Gasteiger partial charge in [0.15, 0.2) is 5.69 Å². The van der Waals surface area contributed by atoms with Gasteiger partial charge < -0.3 is 15.8 Å². The number of anilines is 1.